The Morgan fingerprint density at radius 3 is 2.68 bits per heavy atom. The quantitative estimate of drug-likeness (QED) is 0.734. The first-order valence-electron chi connectivity index (χ1n) is 8.34. The van der Waals surface area contributed by atoms with Crippen molar-refractivity contribution in [2.24, 2.45) is 0 Å². The molecule has 1 aliphatic rings. The number of imidazole rings is 1. The molecular weight excluding hydrogens is 320 g/mol. The summed E-state index contributed by atoms with van der Waals surface area (Å²) in [7, 11) is 0. The molecular formula is C16H20N8O. The van der Waals surface area contributed by atoms with Crippen LogP contribution >= 0.6 is 0 Å². The van der Waals surface area contributed by atoms with E-state index in [4.69, 9.17) is 0 Å². The van der Waals surface area contributed by atoms with Gasteiger partial charge in [0, 0.05) is 50.8 Å². The average Bonchev–Trinajstić information content (AvgIpc) is 3.31. The summed E-state index contributed by atoms with van der Waals surface area (Å²) in [5, 5.41) is 2.96. The first-order chi connectivity index (χ1) is 12.3. The van der Waals surface area contributed by atoms with E-state index in [2.05, 4.69) is 36.8 Å². The minimum absolute atomic E-state index is 0.182. The number of hydrogen-bond acceptors (Lipinski definition) is 6. The second-order valence-electron chi connectivity index (χ2n) is 5.92. The largest absolute Gasteiger partial charge is 0.354 e. The van der Waals surface area contributed by atoms with Crippen LogP contribution in [0.1, 0.15) is 6.92 Å². The zero-order valence-electron chi connectivity index (χ0n) is 14.0. The lowest BCUT2D eigenvalue weighted by molar-refractivity contribution is 0.270. The summed E-state index contributed by atoms with van der Waals surface area (Å²) < 4.78 is 3.09. The van der Waals surface area contributed by atoms with E-state index < -0.39 is 0 Å². The number of aromatic nitrogens is 6. The van der Waals surface area contributed by atoms with E-state index >= 15 is 0 Å². The van der Waals surface area contributed by atoms with Gasteiger partial charge in [-0.2, -0.15) is 4.68 Å². The Morgan fingerprint density at radius 1 is 1.16 bits per heavy atom. The van der Waals surface area contributed by atoms with Crippen LogP contribution in [0.15, 0.2) is 42.1 Å². The number of rotatable bonds is 4. The van der Waals surface area contributed by atoms with Crippen molar-refractivity contribution in [3.05, 3.63) is 47.7 Å². The van der Waals surface area contributed by atoms with Crippen LogP contribution in [0.25, 0.3) is 11.5 Å². The fraction of sp³-hybridized carbons (Fsp3) is 0.375. The Balaban J connectivity index is 1.61. The summed E-state index contributed by atoms with van der Waals surface area (Å²) >= 11 is 0. The zero-order chi connectivity index (χ0) is 17.2. The number of piperazine rings is 1. The fourth-order valence-electron chi connectivity index (χ4n) is 3.04. The summed E-state index contributed by atoms with van der Waals surface area (Å²) in [4.78, 5) is 29.9. The molecule has 0 aliphatic carbocycles. The molecule has 0 aromatic carbocycles. The number of nitrogens with one attached hydrogen (secondary N) is 1. The van der Waals surface area contributed by atoms with Gasteiger partial charge in [0.05, 0.1) is 6.33 Å². The maximum absolute atomic E-state index is 12.6. The Bertz CT molecular complexity index is 889. The minimum Gasteiger partial charge on any atom is -0.354 e. The highest BCUT2D eigenvalue weighted by molar-refractivity contribution is 5.44. The Morgan fingerprint density at radius 2 is 1.96 bits per heavy atom. The lowest BCUT2D eigenvalue weighted by atomic mass is 10.3. The highest BCUT2D eigenvalue weighted by Gasteiger charge is 2.18. The van der Waals surface area contributed by atoms with Crippen molar-refractivity contribution in [2.45, 2.75) is 6.92 Å². The normalized spacial score (nSPS) is 15.6. The van der Waals surface area contributed by atoms with Gasteiger partial charge >= 0.3 is 0 Å². The summed E-state index contributed by atoms with van der Waals surface area (Å²) in [5.74, 6) is 1.37. The van der Waals surface area contributed by atoms with E-state index in [0.29, 0.717) is 11.5 Å². The van der Waals surface area contributed by atoms with Gasteiger partial charge in [-0.05, 0) is 6.54 Å². The smallest absolute Gasteiger partial charge is 0.296 e. The lowest BCUT2D eigenvalue weighted by Gasteiger charge is -2.34. The third-order valence-electron chi connectivity index (χ3n) is 4.55. The van der Waals surface area contributed by atoms with Gasteiger partial charge < -0.3 is 9.80 Å². The summed E-state index contributed by atoms with van der Waals surface area (Å²) in [6.07, 6.45) is 8.10. The van der Waals surface area contributed by atoms with Crippen LogP contribution in [0.5, 0.6) is 0 Å². The monoisotopic (exact) mass is 340 g/mol. The fourth-order valence-corrected chi connectivity index (χ4v) is 3.04. The van der Waals surface area contributed by atoms with Gasteiger partial charge in [-0.15, -0.1) is 0 Å². The van der Waals surface area contributed by atoms with Gasteiger partial charge in [-0.25, -0.2) is 15.0 Å². The van der Waals surface area contributed by atoms with Crippen LogP contribution in [0.3, 0.4) is 0 Å². The van der Waals surface area contributed by atoms with E-state index in [-0.39, 0.29) is 5.56 Å². The predicted octanol–water partition coefficient (Wildman–Crippen LogP) is 0.283. The molecule has 1 aliphatic heterocycles. The molecule has 1 N–H and O–H groups in total. The average molecular weight is 340 g/mol. The van der Waals surface area contributed by atoms with Gasteiger partial charge in [0.2, 0.25) is 0 Å². The third kappa shape index (κ3) is 2.93. The lowest BCUT2D eigenvalue weighted by Crippen LogP contribution is -2.46. The van der Waals surface area contributed by atoms with E-state index in [9.17, 15) is 4.79 Å². The van der Waals surface area contributed by atoms with Crippen molar-refractivity contribution in [3.63, 3.8) is 0 Å². The van der Waals surface area contributed by atoms with E-state index in [0.717, 1.165) is 38.5 Å². The van der Waals surface area contributed by atoms with E-state index in [1.807, 2.05) is 6.07 Å². The van der Waals surface area contributed by atoms with Gasteiger partial charge in [-0.1, -0.05) is 6.92 Å². The van der Waals surface area contributed by atoms with E-state index in [1.165, 1.54) is 11.0 Å². The number of anilines is 1. The number of nitrogens with zero attached hydrogens (tertiary/aromatic N) is 7. The van der Waals surface area contributed by atoms with Crippen molar-refractivity contribution < 1.29 is 0 Å². The molecule has 4 heterocycles. The molecule has 1 saturated heterocycles. The Labute approximate surface area is 144 Å². The Hall–Kier alpha value is -2.94. The molecule has 0 amide bonds. The number of H-pyrrole nitrogens is 1. The summed E-state index contributed by atoms with van der Waals surface area (Å²) in [5.41, 5.74) is 0.313. The second-order valence-corrected chi connectivity index (χ2v) is 5.92. The first kappa shape index (κ1) is 15.6. The summed E-state index contributed by atoms with van der Waals surface area (Å²) in [6.45, 7) is 7.12. The highest BCUT2D eigenvalue weighted by atomic mass is 16.1. The van der Waals surface area contributed by atoms with Crippen LogP contribution < -0.4 is 10.5 Å². The molecule has 3 aromatic rings. The van der Waals surface area contributed by atoms with Crippen molar-refractivity contribution >= 4 is 5.82 Å². The standard InChI is InChI=1S/C16H20N8O/c1-2-21-5-7-22(8-6-21)14-9-15(19-11-18-14)24-16(25)13(10-20-24)23-4-3-17-12-23/h3-4,9-12,20H,2,5-8H2,1H3. The van der Waals surface area contributed by atoms with Gasteiger partial charge in [0.1, 0.15) is 17.8 Å². The maximum Gasteiger partial charge on any atom is 0.296 e. The molecule has 130 valence electrons. The molecule has 0 spiro atoms. The van der Waals surface area contributed by atoms with Gasteiger partial charge in [-0.3, -0.25) is 14.5 Å². The van der Waals surface area contributed by atoms with Crippen molar-refractivity contribution in [1.29, 1.82) is 0 Å². The highest BCUT2D eigenvalue weighted by Crippen LogP contribution is 2.15. The maximum atomic E-state index is 12.6. The second kappa shape index (κ2) is 6.52. The van der Waals surface area contributed by atoms with Crippen LogP contribution in [-0.2, 0) is 0 Å². The Kier molecular flexibility index (Phi) is 4.06. The number of aromatic amines is 1. The van der Waals surface area contributed by atoms with Crippen LogP contribution in [0, 0.1) is 0 Å². The molecule has 0 atom stereocenters. The molecule has 9 nitrogen and oxygen atoms in total. The van der Waals surface area contributed by atoms with Crippen molar-refractivity contribution in [1.82, 2.24) is 34.2 Å². The molecule has 0 saturated carbocycles. The van der Waals surface area contributed by atoms with Crippen LogP contribution in [-0.4, -0.2) is 66.9 Å². The van der Waals surface area contributed by atoms with Crippen molar-refractivity contribution in [2.75, 3.05) is 37.6 Å². The van der Waals surface area contributed by atoms with Crippen molar-refractivity contribution in [3.8, 4) is 11.5 Å². The number of hydrogen-bond donors (Lipinski definition) is 1. The van der Waals surface area contributed by atoms with Gasteiger partial charge in [0.15, 0.2) is 5.82 Å². The molecule has 0 radical (unpaired) electrons. The zero-order valence-corrected chi connectivity index (χ0v) is 14.0. The van der Waals surface area contributed by atoms with E-state index in [1.54, 1.807) is 29.5 Å². The molecule has 4 rings (SSSR count). The molecule has 9 heteroatoms. The molecule has 1 fully saturated rings. The third-order valence-corrected chi connectivity index (χ3v) is 4.55. The van der Waals surface area contributed by atoms with Crippen LogP contribution in [0.4, 0.5) is 5.82 Å². The molecule has 0 unspecified atom stereocenters. The number of likely N-dealkylation sites (N-methyl/N-ethyl adjacent to an activating group) is 1. The molecule has 25 heavy (non-hydrogen) atoms. The molecule has 0 bridgehead atoms. The van der Waals surface area contributed by atoms with Crippen LogP contribution in [0.2, 0.25) is 0 Å². The minimum atomic E-state index is -0.182. The molecule has 3 aromatic heterocycles. The SMILES string of the molecule is CCN1CCN(c2cc(-n3[nH]cc(-n4ccnc4)c3=O)ncn2)CC1. The van der Waals surface area contributed by atoms with Gasteiger partial charge in [0.25, 0.3) is 5.56 Å². The topological polar surface area (TPSA) is 87.9 Å². The predicted molar refractivity (Wildman–Crippen MR) is 93.4 cm³/mol. The summed E-state index contributed by atoms with van der Waals surface area (Å²) in [6, 6.07) is 1.84. The first-order valence-corrected chi connectivity index (χ1v) is 8.34.